The van der Waals surface area contributed by atoms with Crippen molar-refractivity contribution in [1.82, 2.24) is 14.3 Å². The summed E-state index contributed by atoms with van der Waals surface area (Å²) in [7, 11) is -3.96. The highest BCUT2D eigenvalue weighted by Gasteiger charge is 2.31. The van der Waals surface area contributed by atoms with Crippen molar-refractivity contribution in [2.45, 2.75) is 24.0 Å². The molecule has 0 aliphatic heterocycles. The van der Waals surface area contributed by atoms with E-state index in [0.717, 1.165) is 12.1 Å². The molecule has 2 aromatic carbocycles. The van der Waals surface area contributed by atoms with E-state index in [-0.39, 0.29) is 22.7 Å². The number of amides is 1. The zero-order chi connectivity index (χ0) is 22.5. The molecule has 1 heterocycles. The highest BCUT2D eigenvalue weighted by atomic mass is 32.2. The van der Waals surface area contributed by atoms with Gasteiger partial charge in [-0.3, -0.25) is 4.79 Å². The number of halogens is 3. The third kappa shape index (κ3) is 5.92. The van der Waals surface area contributed by atoms with E-state index in [2.05, 4.69) is 15.0 Å². The van der Waals surface area contributed by atoms with Crippen molar-refractivity contribution < 1.29 is 26.4 Å². The lowest BCUT2D eigenvalue weighted by Crippen LogP contribution is -2.27. The summed E-state index contributed by atoms with van der Waals surface area (Å²) in [5, 5.41) is 2.39. The molecule has 0 saturated carbocycles. The number of para-hydroxylation sites is 1. The molecular weight excluding hydrogens is 433 g/mol. The zero-order valence-corrected chi connectivity index (χ0v) is 16.9. The summed E-state index contributed by atoms with van der Waals surface area (Å²) in [6.45, 7) is 0.715. The number of nitrogens with one attached hydrogen (secondary N) is 2. The molecule has 1 aromatic heterocycles. The summed E-state index contributed by atoms with van der Waals surface area (Å²) in [5.74, 6) is -0.853. The quantitative estimate of drug-likeness (QED) is 0.512. The van der Waals surface area contributed by atoms with Crippen LogP contribution in [0.3, 0.4) is 0 Å². The predicted molar refractivity (Wildman–Crippen MR) is 108 cm³/mol. The molecule has 164 valence electrons. The number of carbonyl (C=O) groups excluding carboxylic acids is 1. The average molecular weight is 452 g/mol. The summed E-state index contributed by atoms with van der Waals surface area (Å²) in [4.78, 5) is 16.2. The lowest BCUT2D eigenvalue weighted by Gasteiger charge is -2.13. The number of nitrogens with zero attached hydrogens (tertiary/aromatic N) is 2. The molecule has 0 saturated heterocycles. The van der Waals surface area contributed by atoms with Crippen molar-refractivity contribution in [3.05, 3.63) is 78.4 Å². The molecule has 11 heteroatoms. The fraction of sp³-hybridized carbons (Fsp3) is 0.200. The van der Waals surface area contributed by atoms with Crippen LogP contribution in [0, 0.1) is 0 Å². The number of alkyl halides is 3. The van der Waals surface area contributed by atoms with Gasteiger partial charge in [0.25, 0.3) is 5.91 Å². The summed E-state index contributed by atoms with van der Waals surface area (Å²) in [5.41, 5.74) is -1.25. The molecule has 0 aliphatic rings. The minimum absolute atomic E-state index is 0.0352. The molecule has 0 bridgehead atoms. The van der Waals surface area contributed by atoms with Crippen molar-refractivity contribution in [3.63, 3.8) is 0 Å². The highest BCUT2D eigenvalue weighted by molar-refractivity contribution is 7.89. The van der Waals surface area contributed by atoms with Gasteiger partial charge in [0, 0.05) is 31.0 Å². The largest absolute Gasteiger partial charge is 0.416 e. The van der Waals surface area contributed by atoms with E-state index < -0.39 is 27.7 Å². The minimum atomic E-state index is -4.60. The fourth-order valence-electron chi connectivity index (χ4n) is 2.80. The molecule has 31 heavy (non-hydrogen) atoms. The summed E-state index contributed by atoms with van der Waals surface area (Å²) < 4.78 is 68.3. The van der Waals surface area contributed by atoms with Crippen LogP contribution >= 0.6 is 0 Å². The summed E-state index contributed by atoms with van der Waals surface area (Å²) in [6.07, 6.45) is 0.903. The molecule has 0 aliphatic carbocycles. The Hall–Kier alpha value is -3.18. The van der Waals surface area contributed by atoms with E-state index in [9.17, 15) is 26.4 Å². The summed E-state index contributed by atoms with van der Waals surface area (Å²) >= 11 is 0. The van der Waals surface area contributed by atoms with Crippen LogP contribution in [0.4, 0.5) is 18.9 Å². The number of hydrogen-bond donors (Lipinski definition) is 2. The molecular formula is C20H19F3N4O3S. The van der Waals surface area contributed by atoms with Crippen LogP contribution < -0.4 is 10.0 Å². The summed E-state index contributed by atoms with van der Waals surface area (Å²) in [6, 6.07) is 9.56. The first-order valence-corrected chi connectivity index (χ1v) is 10.7. The lowest BCUT2D eigenvalue weighted by molar-refractivity contribution is -0.137. The molecule has 0 spiro atoms. The Kier molecular flexibility index (Phi) is 6.76. The predicted octanol–water partition coefficient (Wildman–Crippen LogP) is 3.52. The molecule has 0 atom stereocenters. The standard InChI is InChI=1S/C20H19F3N4O3S/c21-20(22,23)16-6-3-5-15(13-16)19(28)26-17-7-1-2-8-18(17)31(29,30)25-9-4-11-27-12-10-24-14-27/h1-3,5-8,10,12-14,25H,4,9,11H2,(H,26,28). The SMILES string of the molecule is O=C(Nc1ccccc1S(=O)(=O)NCCCn1ccnc1)c1cccc(C(F)(F)F)c1. The third-order valence-electron chi connectivity index (χ3n) is 4.32. The normalized spacial score (nSPS) is 12.0. The molecule has 2 N–H and O–H groups in total. The van der Waals surface area contributed by atoms with E-state index in [1.54, 1.807) is 23.3 Å². The van der Waals surface area contributed by atoms with Crippen molar-refractivity contribution >= 4 is 21.6 Å². The van der Waals surface area contributed by atoms with Gasteiger partial charge in [-0.2, -0.15) is 13.2 Å². The second kappa shape index (κ2) is 9.31. The average Bonchev–Trinajstić information content (AvgIpc) is 3.24. The molecule has 3 rings (SSSR count). The van der Waals surface area contributed by atoms with Gasteiger partial charge in [-0.25, -0.2) is 18.1 Å². The van der Waals surface area contributed by atoms with Crippen LogP contribution in [0.2, 0.25) is 0 Å². The maximum absolute atomic E-state index is 12.9. The zero-order valence-electron chi connectivity index (χ0n) is 16.1. The molecule has 1 amide bonds. The van der Waals surface area contributed by atoms with Crippen LogP contribution in [0.15, 0.2) is 72.1 Å². The van der Waals surface area contributed by atoms with Gasteiger partial charge < -0.3 is 9.88 Å². The van der Waals surface area contributed by atoms with Crippen LogP contribution in [0.5, 0.6) is 0 Å². The van der Waals surface area contributed by atoms with Crippen molar-refractivity contribution in [2.24, 2.45) is 0 Å². The van der Waals surface area contributed by atoms with Crippen LogP contribution in [0.25, 0.3) is 0 Å². The number of aryl methyl sites for hydroxylation is 1. The molecule has 0 radical (unpaired) electrons. The van der Waals surface area contributed by atoms with Gasteiger partial charge in [-0.15, -0.1) is 0 Å². The van der Waals surface area contributed by atoms with Gasteiger partial charge in [0.2, 0.25) is 10.0 Å². The molecule has 0 fully saturated rings. The Morgan fingerprint density at radius 1 is 1.10 bits per heavy atom. The highest BCUT2D eigenvalue weighted by Crippen LogP contribution is 2.30. The fourth-order valence-corrected chi connectivity index (χ4v) is 4.04. The Morgan fingerprint density at radius 2 is 1.87 bits per heavy atom. The molecule has 3 aromatic rings. The van der Waals surface area contributed by atoms with Gasteiger partial charge >= 0.3 is 6.18 Å². The molecule has 7 nitrogen and oxygen atoms in total. The second-order valence-corrected chi connectivity index (χ2v) is 8.32. The van der Waals surface area contributed by atoms with Crippen LogP contribution in [-0.2, 0) is 22.7 Å². The molecule has 0 unspecified atom stereocenters. The van der Waals surface area contributed by atoms with Gasteiger partial charge in [-0.05, 0) is 36.8 Å². The number of hydrogen-bond acceptors (Lipinski definition) is 4. The number of rotatable bonds is 8. The number of benzene rings is 2. The Morgan fingerprint density at radius 3 is 2.58 bits per heavy atom. The number of sulfonamides is 1. The van der Waals surface area contributed by atoms with Crippen LogP contribution in [0.1, 0.15) is 22.3 Å². The van der Waals surface area contributed by atoms with Crippen molar-refractivity contribution in [2.75, 3.05) is 11.9 Å². The van der Waals surface area contributed by atoms with E-state index in [1.165, 1.54) is 30.3 Å². The van der Waals surface area contributed by atoms with Gasteiger partial charge in [0.1, 0.15) is 4.90 Å². The Balaban J connectivity index is 1.71. The minimum Gasteiger partial charge on any atom is -0.337 e. The van der Waals surface area contributed by atoms with Gasteiger partial charge in [-0.1, -0.05) is 18.2 Å². The van der Waals surface area contributed by atoms with Crippen molar-refractivity contribution in [3.8, 4) is 0 Å². The number of imidazole rings is 1. The van der Waals surface area contributed by atoms with E-state index >= 15 is 0 Å². The smallest absolute Gasteiger partial charge is 0.337 e. The number of carbonyl (C=O) groups is 1. The Labute approximate surface area is 177 Å². The number of aromatic nitrogens is 2. The first kappa shape index (κ1) is 22.5. The van der Waals surface area contributed by atoms with E-state index in [4.69, 9.17) is 0 Å². The first-order chi connectivity index (χ1) is 14.7. The van der Waals surface area contributed by atoms with E-state index in [0.29, 0.717) is 19.0 Å². The maximum Gasteiger partial charge on any atom is 0.416 e. The third-order valence-corrected chi connectivity index (χ3v) is 5.84. The van der Waals surface area contributed by atoms with E-state index in [1.807, 2.05) is 0 Å². The maximum atomic E-state index is 12.9. The number of anilines is 1. The first-order valence-electron chi connectivity index (χ1n) is 9.20. The van der Waals surface area contributed by atoms with Gasteiger partial charge in [0.15, 0.2) is 0 Å². The lowest BCUT2D eigenvalue weighted by atomic mass is 10.1. The van der Waals surface area contributed by atoms with Gasteiger partial charge in [0.05, 0.1) is 17.6 Å². The second-order valence-electron chi connectivity index (χ2n) is 6.58. The van der Waals surface area contributed by atoms with Crippen LogP contribution in [-0.4, -0.2) is 30.4 Å². The Bertz CT molecular complexity index is 1150. The topological polar surface area (TPSA) is 93.1 Å². The monoisotopic (exact) mass is 452 g/mol. The van der Waals surface area contributed by atoms with Crippen molar-refractivity contribution in [1.29, 1.82) is 0 Å².